The van der Waals surface area contributed by atoms with E-state index in [2.05, 4.69) is 10.1 Å². The molecule has 0 aliphatic heterocycles. The first-order valence-corrected chi connectivity index (χ1v) is 8.82. The molecule has 3 rings (SSSR count). The highest BCUT2D eigenvalue weighted by atomic mass is 32.2. The fraction of sp³-hybridized carbons (Fsp3) is 0.800. The second kappa shape index (κ2) is 6.74. The summed E-state index contributed by atoms with van der Waals surface area (Å²) in [6.07, 6.45) is 10.1. The van der Waals surface area contributed by atoms with E-state index in [-0.39, 0.29) is 11.7 Å². The van der Waals surface area contributed by atoms with E-state index in [1.54, 1.807) is 0 Å². The Kier molecular flexibility index (Phi) is 4.76. The Morgan fingerprint density at radius 3 is 2.60 bits per heavy atom. The van der Waals surface area contributed by atoms with E-state index in [9.17, 15) is 4.79 Å². The van der Waals surface area contributed by atoms with Gasteiger partial charge in [-0.1, -0.05) is 30.8 Å². The fourth-order valence-electron chi connectivity index (χ4n) is 3.21. The van der Waals surface area contributed by atoms with Crippen LogP contribution >= 0.6 is 11.8 Å². The van der Waals surface area contributed by atoms with Gasteiger partial charge in [0.2, 0.25) is 5.89 Å². The molecule has 1 heterocycles. The van der Waals surface area contributed by atoms with E-state index in [1.165, 1.54) is 38.5 Å². The molecule has 0 aromatic carbocycles. The number of hydrogen-bond acceptors (Lipinski definition) is 5. The zero-order valence-corrected chi connectivity index (χ0v) is 12.7. The average molecular weight is 294 g/mol. The minimum absolute atomic E-state index is 0.234. The monoisotopic (exact) mass is 294 g/mol. The molecule has 0 atom stereocenters. The highest BCUT2D eigenvalue weighted by molar-refractivity contribution is 7.99. The fourth-order valence-corrected chi connectivity index (χ4v) is 4.38. The summed E-state index contributed by atoms with van der Waals surface area (Å²) in [7, 11) is 0. The standard InChI is InChI=1S/C15H22N2O2S/c18-13(11-5-1-2-6-11)9-15-16-14(17-19-15)10-20-12-7-3-4-8-12/h11-12H,1-10H2. The van der Waals surface area contributed by atoms with Crippen LogP contribution in [0.3, 0.4) is 0 Å². The molecule has 4 nitrogen and oxygen atoms in total. The molecule has 0 radical (unpaired) electrons. The molecule has 2 aliphatic rings. The molecular formula is C15H22N2O2S. The first kappa shape index (κ1) is 14.1. The predicted octanol–water partition coefficient (Wildman–Crippen LogP) is 3.55. The van der Waals surface area contributed by atoms with E-state index in [1.807, 2.05) is 11.8 Å². The molecule has 2 fully saturated rings. The van der Waals surface area contributed by atoms with E-state index in [0.717, 1.165) is 29.7 Å². The molecule has 0 saturated heterocycles. The van der Waals surface area contributed by atoms with Crippen molar-refractivity contribution in [3.8, 4) is 0 Å². The Hall–Kier alpha value is -0.840. The van der Waals surface area contributed by atoms with E-state index < -0.39 is 0 Å². The lowest BCUT2D eigenvalue weighted by atomic mass is 10.0. The zero-order chi connectivity index (χ0) is 13.8. The number of Topliss-reactive ketones (excluding diaryl/α,β-unsaturated/α-hetero) is 1. The van der Waals surface area contributed by atoms with Gasteiger partial charge in [0.05, 0.1) is 12.2 Å². The lowest BCUT2D eigenvalue weighted by Gasteiger charge is -2.05. The van der Waals surface area contributed by atoms with Gasteiger partial charge in [0.15, 0.2) is 5.82 Å². The number of hydrogen-bond donors (Lipinski definition) is 0. The van der Waals surface area contributed by atoms with Gasteiger partial charge in [-0.3, -0.25) is 4.79 Å². The molecule has 0 N–H and O–H groups in total. The van der Waals surface area contributed by atoms with Crippen molar-refractivity contribution in [2.75, 3.05) is 0 Å². The average Bonchev–Trinajstić information content (AvgIpc) is 3.19. The first-order chi connectivity index (χ1) is 9.81. The van der Waals surface area contributed by atoms with Crippen molar-refractivity contribution in [3.05, 3.63) is 11.7 Å². The van der Waals surface area contributed by atoms with Crippen molar-refractivity contribution in [2.24, 2.45) is 5.92 Å². The zero-order valence-electron chi connectivity index (χ0n) is 11.8. The summed E-state index contributed by atoms with van der Waals surface area (Å²) in [5.41, 5.74) is 0. The number of thioether (sulfide) groups is 1. The molecule has 2 saturated carbocycles. The maximum absolute atomic E-state index is 12.1. The Morgan fingerprint density at radius 1 is 1.15 bits per heavy atom. The van der Waals surface area contributed by atoms with Crippen LogP contribution in [0.5, 0.6) is 0 Å². The minimum Gasteiger partial charge on any atom is -0.339 e. The smallest absolute Gasteiger partial charge is 0.234 e. The Bertz CT molecular complexity index is 448. The SMILES string of the molecule is O=C(Cc1nc(CSC2CCCC2)no1)C1CCCC1. The molecule has 2 aliphatic carbocycles. The molecule has 0 unspecified atom stereocenters. The van der Waals surface area contributed by atoms with Gasteiger partial charge in [-0.2, -0.15) is 16.7 Å². The van der Waals surface area contributed by atoms with Crippen molar-refractivity contribution in [1.29, 1.82) is 0 Å². The molecule has 110 valence electrons. The summed E-state index contributed by atoms with van der Waals surface area (Å²) in [5.74, 6) is 2.57. The highest BCUT2D eigenvalue weighted by Crippen LogP contribution is 2.31. The summed E-state index contributed by atoms with van der Waals surface area (Å²) in [5, 5.41) is 4.76. The third-order valence-electron chi connectivity index (χ3n) is 4.40. The molecular weight excluding hydrogens is 272 g/mol. The summed E-state index contributed by atoms with van der Waals surface area (Å²) < 4.78 is 5.21. The molecule has 5 heteroatoms. The second-order valence-corrected chi connectivity index (χ2v) is 7.23. The van der Waals surface area contributed by atoms with Gasteiger partial charge in [0, 0.05) is 11.2 Å². The maximum atomic E-state index is 12.1. The second-order valence-electron chi connectivity index (χ2n) is 5.95. The predicted molar refractivity (Wildman–Crippen MR) is 78.5 cm³/mol. The van der Waals surface area contributed by atoms with Gasteiger partial charge < -0.3 is 4.52 Å². The van der Waals surface area contributed by atoms with E-state index >= 15 is 0 Å². The highest BCUT2D eigenvalue weighted by Gasteiger charge is 2.24. The molecule has 0 amide bonds. The molecule has 1 aromatic heterocycles. The van der Waals surface area contributed by atoms with Crippen LogP contribution in [-0.2, 0) is 17.0 Å². The third kappa shape index (κ3) is 3.62. The summed E-state index contributed by atoms with van der Waals surface area (Å²) in [4.78, 5) is 16.4. The van der Waals surface area contributed by atoms with Crippen molar-refractivity contribution in [2.45, 2.75) is 68.8 Å². The normalized spacial score (nSPS) is 20.8. The topological polar surface area (TPSA) is 56.0 Å². The number of aromatic nitrogens is 2. The van der Waals surface area contributed by atoms with Gasteiger partial charge in [-0.25, -0.2) is 0 Å². The van der Waals surface area contributed by atoms with Crippen molar-refractivity contribution < 1.29 is 9.32 Å². The quantitative estimate of drug-likeness (QED) is 0.803. The molecule has 20 heavy (non-hydrogen) atoms. The number of rotatable bonds is 6. The van der Waals surface area contributed by atoms with Gasteiger partial charge in [-0.15, -0.1) is 0 Å². The summed E-state index contributed by atoms with van der Waals surface area (Å²) >= 11 is 1.92. The van der Waals surface area contributed by atoms with E-state index in [4.69, 9.17) is 4.52 Å². The van der Waals surface area contributed by atoms with Gasteiger partial charge in [-0.05, 0) is 25.7 Å². The van der Waals surface area contributed by atoms with Crippen LogP contribution in [0.25, 0.3) is 0 Å². The lowest BCUT2D eigenvalue weighted by Crippen LogP contribution is -2.13. The first-order valence-electron chi connectivity index (χ1n) is 7.77. The summed E-state index contributed by atoms with van der Waals surface area (Å²) in [6.45, 7) is 0. The Balaban J connectivity index is 1.47. The van der Waals surface area contributed by atoms with Crippen LogP contribution in [0, 0.1) is 5.92 Å². The van der Waals surface area contributed by atoms with Crippen LogP contribution in [-0.4, -0.2) is 21.2 Å². The molecule has 1 aromatic rings. The maximum Gasteiger partial charge on any atom is 0.234 e. The number of carbonyl (C=O) groups is 1. The Morgan fingerprint density at radius 2 is 1.85 bits per heavy atom. The van der Waals surface area contributed by atoms with Crippen LogP contribution in [0.1, 0.15) is 63.1 Å². The minimum atomic E-state index is 0.234. The lowest BCUT2D eigenvalue weighted by molar-refractivity contribution is -0.122. The van der Waals surface area contributed by atoms with Crippen LogP contribution < -0.4 is 0 Å². The van der Waals surface area contributed by atoms with Gasteiger partial charge in [0.25, 0.3) is 0 Å². The van der Waals surface area contributed by atoms with Crippen LogP contribution in [0.15, 0.2) is 4.52 Å². The van der Waals surface area contributed by atoms with Crippen LogP contribution in [0.4, 0.5) is 0 Å². The third-order valence-corrected chi connectivity index (χ3v) is 5.76. The van der Waals surface area contributed by atoms with Gasteiger partial charge in [0.1, 0.15) is 5.78 Å². The van der Waals surface area contributed by atoms with Gasteiger partial charge >= 0.3 is 0 Å². The number of nitrogens with zero attached hydrogens (tertiary/aromatic N) is 2. The number of carbonyl (C=O) groups excluding carboxylic acids is 1. The van der Waals surface area contributed by atoms with Crippen molar-refractivity contribution >= 4 is 17.5 Å². The Labute approximate surface area is 124 Å². The van der Waals surface area contributed by atoms with E-state index in [0.29, 0.717) is 12.3 Å². The molecule has 0 bridgehead atoms. The largest absolute Gasteiger partial charge is 0.339 e. The molecule has 0 spiro atoms. The van der Waals surface area contributed by atoms with Crippen LogP contribution in [0.2, 0.25) is 0 Å². The van der Waals surface area contributed by atoms with Crippen molar-refractivity contribution in [3.63, 3.8) is 0 Å². The summed E-state index contributed by atoms with van der Waals surface area (Å²) in [6, 6.07) is 0. The number of ketones is 1. The van der Waals surface area contributed by atoms with Crippen molar-refractivity contribution in [1.82, 2.24) is 10.1 Å².